The van der Waals surface area contributed by atoms with Crippen LogP contribution in [0.15, 0.2) is 35.0 Å². The van der Waals surface area contributed by atoms with E-state index >= 15 is 0 Å². The van der Waals surface area contributed by atoms with Crippen LogP contribution < -0.4 is 16.0 Å². The number of carbonyl (C=O) groups is 3. The third-order valence-corrected chi connectivity index (χ3v) is 5.07. The average Bonchev–Trinajstić information content (AvgIpc) is 3.15. The molecular weight excluding hydrogens is 372 g/mol. The standard InChI is InChI=1S/C21H26N4O4/c1-14-18(12-23-29-14)21(28)25-17-9-7-16(8-10-17)24-20(27)13-22-19(26)11-15-5-3-2-4-6-15/h7-10,12,15H,2-6,11,13H2,1H3,(H,22,26)(H,24,27)(H,25,28). The minimum absolute atomic E-state index is 0.0587. The van der Waals surface area contributed by atoms with Crippen molar-refractivity contribution in [3.8, 4) is 0 Å². The fourth-order valence-electron chi connectivity index (χ4n) is 3.46. The number of hydrogen-bond acceptors (Lipinski definition) is 5. The van der Waals surface area contributed by atoms with Gasteiger partial charge in [-0.1, -0.05) is 24.4 Å². The highest BCUT2D eigenvalue weighted by Crippen LogP contribution is 2.26. The Labute approximate surface area is 169 Å². The smallest absolute Gasteiger partial charge is 0.260 e. The zero-order chi connectivity index (χ0) is 20.6. The zero-order valence-corrected chi connectivity index (χ0v) is 16.5. The first-order chi connectivity index (χ1) is 14.0. The third-order valence-electron chi connectivity index (χ3n) is 5.07. The molecule has 0 radical (unpaired) electrons. The van der Waals surface area contributed by atoms with Gasteiger partial charge in [-0.2, -0.15) is 0 Å². The van der Waals surface area contributed by atoms with Crippen molar-refractivity contribution >= 4 is 29.1 Å². The van der Waals surface area contributed by atoms with E-state index in [4.69, 9.17) is 4.52 Å². The number of amides is 3. The highest BCUT2D eigenvalue weighted by Gasteiger charge is 2.17. The van der Waals surface area contributed by atoms with E-state index < -0.39 is 0 Å². The van der Waals surface area contributed by atoms with Crippen LogP contribution in [0.2, 0.25) is 0 Å². The molecule has 1 aromatic heterocycles. The van der Waals surface area contributed by atoms with Crippen molar-refractivity contribution < 1.29 is 18.9 Å². The van der Waals surface area contributed by atoms with Gasteiger partial charge < -0.3 is 20.5 Å². The highest BCUT2D eigenvalue weighted by molar-refractivity contribution is 6.04. The molecule has 1 fully saturated rings. The number of carbonyl (C=O) groups excluding carboxylic acids is 3. The summed E-state index contributed by atoms with van der Waals surface area (Å²) in [5, 5.41) is 11.7. The molecule has 1 aliphatic rings. The second kappa shape index (κ2) is 9.86. The van der Waals surface area contributed by atoms with E-state index in [0.717, 1.165) is 12.8 Å². The van der Waals surface area contributed by atoms with E-state index in [1.807, 2.05) is 0 Å². The van der Waals surface area contributed by atoms with E-state index in [-0.39, 0.29) is 24.3 Å². The van der Waals surface area contributed by atoms with Crippen LogP contribution in [0.1, 0.15) is 54.6 Å². The number of benzene rings is 1. The van der Waals surface area contributed by atoms with Crippen molar-refractivity contribution in [2.75, 3.05) is 17.2 Å². The van der Waals surface area contributed by atoms with Gasteiger partial charge >= 0.3 is 0 Å². The molecule has 8 nitrogen and oxygen atoms in total. The highest BCUT2D eigenvalue weighted by atomic mass is 16.5. The van der Waals surface area contributed by atoms with Crippen molar-refractivity contribution in [2.45, 2.75) is 45.4 Å². The fraction of sp³-hybridized carbons (Fsp3) is 0.429. The lowest BCUT2D eigenvalue weighted by atomic mass is 9.87. The van der Waals surface area contributed by atoms with Gasteiger partial charge in [0.2, 0.25) is 11.8 Å². The second-order valence-electron chi connectivity index (χ2n) is 7.36. The van der Waals surface area contributed by atoms with E-state index in [1.165, 1.54) is 25.5 Å². The Hall–Kier alpha value is -3.16. The minimum Gasteiger partial charge on any atom is -0.361 e. The monoisotopic (exact) mass is 398 g/mol. The molecule has 0 atom stereocenters. The summed E-state index contributed by atoms with van der Waals surface area (Å²) < 4.78 is 4.88. The maximum absolute atomic E-state index is 12.1. The molecule has 0 spiro atoms. The number of hydrogen-bond donors (Lipinski definition) is 3. The Bertz CT molecular complexity index is 854. The predicted octanol–water partition coefficient (Wildman–Crippen LogP) is 3.26. The summed E-state index contributed by atoms with van der Waals surface area (Å²) in [7, 11) is 0. The van der Waals surface area contributed by atoms with Gasteiger partial charge in [0.1, 0.15) is 11.3 Å². The van der Waals surface area contributed by atoms with Gasteiger partial charge in [-0.25, -0.2) is 0 Å². The van der Waals surface area contributed by atoms with Crippen molar-refractivity contribution in [3.63, 3.8) is 0 Å². The van der Waals surface area contributed by atoms with Crippen molar-refractivity contribution in [1.82, 2.24) is 10.5 Å². The summed E-state index contributed by atoms with van der Waals surface area (Å²) in [5.41, 5.74) is 1.52. The van der Waals surface area contributed by atoms with Crippen LogP contribution in [0.25, 0.3) is 0 Å². The molecule has 0 aliphatic heterocycles. The third kappa shape index (κ3) is 6.17. The van der Waals surface area contributed by atoms with Crippen molar-refractivity contribution in [2.24, 2.45) is 5.92 Å². The molecule has 1 saturated carbocycles. The van der Waals surface area contributed by atoms with Gasteiger partial charge in [0, 0.05) is 17.8 Å². The lowest BCUT2D eigenvalue weighted by Gasteiger charge is -2.20. The Morgan fingerprint density at radius 2 is 1.66 bits per heavy atom. The normalized spacial score (nSPS) is 14.2. The second-order valence-corrected chi connectivity index (χ2v) is 7.36. The number of nitrogens with one attached hydrogen (secondary N) is 3. The molecule has 29 heavy (non-hydrogen) atoms. The van der Waals surface area contributed by atoms with E-state index in [1.54, 1.807) is 31.2 Å². The molecular formula is C21H26N4O4. The summed E-state index contributed by atoms with van der Waals surface area (Å²) in [6, 6.07) is 6.71. The van der Waals surface area contributed by atoms with Crippen LogP contribution >= 0.6 is 0 Å². The molecule has 2 aromatic rings. The van der Waals surface area contributed by atoms with Crippen molar-refractivity contribution in [1.29, 1.82) is 0 Å². The number of aryl methyl sites for hydroxylation is 1. The van der Waals surface area contributed by atoms with Crippen LogP contribution in [0.4, 0.5) is 11.4 Å². The Morgan fingerprint density at radius 1 is 1.00 bits per heavy atom. The largest absolute Gasteiger partial charge is 0.361 e. The molecule has 3 N–H and O–H groups in total. The van der Waals surface area contributed by atoms with Gasteiger partial charge in [0.05, 0.1) is 12.7 Å². The molecule has 1 aromatic carbocycles. The summed E-state index contributed by atoms with van der Waals surface area (Å²) in [6.45, 7) is 1.60. The summed E-state index contributed by atoms with van der Waals surface area (Å²) in [6.07, 6.45) is 7.68. The molecule has 154 valence electrons. The maximum atomic E-state index is 12.1. The van der Waals surface area contributed by atoms with Gasteiger partial charge in [0.15, 0.2) is 0 Å². The first-order valence-corrected chi connectivity index (χ1v) is 9.90. The van der Waals surface area contributed by atoms with Crippen LogP contribution in [0, 0.1) is 12.8 Å². The molecule has 8 heteroatoms. The molecule has 1 aliphatic carbocycles. The van der Waals surface area contributed by atoms with Crippen LogP contribution in [-0.2, 0) is 9.59 Å². The Morgan fingerprint density at radius 3 is 2.28 bits per heavy atom. The first kappa shape index (κ1) is 20.6. The SMILES string of the molecule is Cc1oncc1C(=O)Nc1ccc(NC(=O)CNC(=O)CC2CCCCC2)cc1. The average molecular weight is 398 g/mol. The summed E-state index contributed by atoms with van der Waals surface area (Å²) in [5.74, 6) is 0.197. The summed E-state index contributed by atoms with van der Waals surface area (Å²) >= 11 is 0. The molecule has 3 amide bonds. The van der Waals surface area contributed by atoms with E-state index in [9.17, 15) is 14.4 Å². The Kier molecular flexibility index (Phi) is 6.99. The molecule has 0 unspecified atom stereocenters. The first-order valence-electron chi connectivity index (χ1n) is 9.90. The van der Waals surface area contributed by atoms with Gasteiger partial charge in [0.25, 0.3) is 5.91 Å². The number of aromatic nitrogens is 1. The van der Waals surface area contributed by atoms with Crippen LogP contribution in [-0.4, -0.2) is 29.4 Å². The lowest BCUT2D eigenvalue weighted by Crippen LogP contribution is -2.34. The number of nitrogens with zero attached hydrogens (tertiary/aromatic N) is 1. The molecule has 0 bridgehead atoms. The fourth-order valence-corrected chi connectivity index (χ4v) is 3.46. The van der Waals surface area contributed by atoms with E-state index in [0.29, 0.717) is 35.0 Å². The van der Waals surface area contributed by atoms with Gasteiger partial charge in [-0.05, 0) is 49.9 Å². The van der Waals surface area contributed by atoms with E-state index in [2.05, 4.69) is 21.1 Å². The molecule has 0 saturated heterocycles. The van der Waals surface area contributed by atoms with Gasteiger partial charge in [-0.3, -0.25) is 14.4 Å². The lowest BCUT2D eigenvalue weighted by molar-refractivity contribution is -0.125. The van der Waals surface area contributed by atoms with Gasteiger partial charge in [-0.15, -0.1) is 0 Å². The topological polar surface area (TPSA) is 113 Å². The Balaban J connectivity index is 1.41. The maximum Gasteiger partial charge on any atom is 0.260 e. The molecule has 3 rings (SSSR count). The molecule has 1 heterocycles. The zero-order valence-electron chi connectivity index (χ0n) is 16.5. The summed E-state index contributed by atoms with van der Waals surface area (Å²) in [4.78, 5) is 36.2. The van der Waals surface area contributed by atoms with Crippen LogP contribution in [0.3, 0.4) is 0 Å². The van der Waals surface area contributed by atoms with Crippen molar-refractivity contribution in [3.05, 3.63) is 41.8 Å². The predicted molar refractivity (Wildman–Crippen MR) is 108 cm³/mol. The quantitative estimate of drug-likeness (QED) is 0.662. The number of anilines is 2. The minimum atomic E-state index is -0.318. The number of rotatable bonds is 7. The van der Waals surface area contributed by atoms with Crippen LogP contribution in [0.5, 0.6) is 0 Å².